The Bertz CT molecular complexity index is 573. The van der Waals surface area contributed by atoms with Crippen molar-refractivity contribution < 1.29 is 14.5 Å². The van der Waals surface area contributed by atoms with E-state index >= 15 is 0 Å². The molecule has 0 heterocycles. The van der Waals surface area contributed by atoms with Crippen LogP contribution in [0, 0.1) is 10.1 Å². The number of rotatable bonds is 6. The van der Waals surface area contributed by atoms with Crippen LogP contribution in [-0.4, -0.2) is 34.9 Å². The lowest BCUT2D eigenvalue weighted by atomic mass is 9.94. The van der Waals surface area contributed by atoms with Crippen molar-refractivity contribution in [3.05, 3.63) is 33.3 Å². The average molecular weight is 341 g/mol. The van der Waals surface area contributed by atoms with Gasteiger partial charge in [0.25, 0.3) is 11.6 Å². The molecule has 0 unspecified atom stereocenters. The highest BCUT2D eigenvalue weighted by Gasteiger charge is 2.24. The second-order valence-electron chi connectivity index (χ2n) is 5.63. The van der Waals surface area contributed by atoms with Gasteiger partial charge in [-0.25, -0.2) is 0 Å². The molecule has 126 valence electrons. The van der Waals surface area contributed by atoms with E-state index in [0.29, 0.717) is 6.54 Å². The molecule has 0 bridgehead atoms. The maximum Gasteiger partial charge on any atom is 0.271 e. The monoisotopic (exact) mass is 340 g/mol. The van der Waals surface area contributed by atoms with Crippen LogP contribution in [0.5, 0.6) is 5.75 Å². The molecule has 0 aliphatic heterocycles. The molecule has 1 aromatic rings. The van der Waals surface area contributed by atoms with Crippen molar-refractivity contribution >= 4 is 23.2 Å². The van der Waals surface area contributed by atoms with E-state index in [1.165, 1.54) is 24.6 Å². The second kappa shape index (κ2) is 8.15. The number of carbonyl (C=O) groups is 1. The molecular weight excluding hydrogens is 320 g/mol. The minimum Gasteiger partial charge on any atom is -0.482 e. The number of ether oxygens (including phenoxy) is 1. The van der Waals surface area contributed by atoms with Crippen molar-refractivity contribution in [2.45, 2.75) is 45.1 Å². The van der Waals surface area contributed by atoms with Crippen molar-refractivity contribution in [1.82, 2.24) is 4.90 Å². The quantitative estimate of drug-likeness (QED) is 0.583. The second-order valence-corrected chi connectivity index (χ2v) is 6.04. The molecule has 1 saturated carbocycles. The van der Waals surface area contributed by atoms with Gasteiger partial charge in [0.15, 0.2) is 6.61 Å². The average Bonchev–Trinajstić information content (AvgIpc) is 2.55. The van der Waals surface area contributed by atoms with E-state index in [1.54, 1.807) is 0 Å². The van der Waals surface area contributed by atoms with Crippen LogP contribution in [0.25, 0.3) is 0 Å². The maximum atomic E-state index is 12.4. The maximum absolute atomic E-state index is 12.4. The van der Waals surface area contributed by atoms with Crippen molar-refractivity contribution in [2.24, 2.45) is 0 Å². The Hall–Kier alpha value is -1.82. The van der Waals surface area contributed by atoms with Crippen molar-refractivity contribution in [3.63, 3.8) is 0 Å². The van der Waals surface area contributed by atoms with Gasteiger partial charge in [0.1, 0.15) is 5.75 Å². The molecule has 0 radical (unpaired) electrons. The fraction of sp³-hybridized carbons (Fsp3) is 0.562. The van der Waals surface area contributed by atoms with E-state index in [2.05, 4.69) is 0 Å². The zero-order valence-electron chi connectivity index (χ0n) is 13.2. The summed E-state index contributed by atoms with van der Waals surface area (Å²) in [6.45, 7) is 2.51. The molecule has 0 N–H and O–H groups in total. The summed E-state index contributed by atoms with van der Waals surface area (Å²) in [6.07, 6.45) is 5.62. The largest absolute Gasteiger partial charge is 0.482 e. The molecule has 1 aliphatic rings. The Balaban J connectivity index is 1.96. The number of non-ortho nitro benzene ring substituents is 1. The summed E-state index contributed by atoms with van der Waals surface area (Å²) in [4.78, 5) is 24.4. The number of hydrogen-bond donors (Lipinski definition) is 0. The van der Waals surface area contributed by atoms with Crippen molar-refractivity contribution in [2.75, 3.05) is 13.2 Å². The van der Waals surface area contributed by atoms with E-state index in [-0.39, 0.29) is 35.0 Å². The highest BCUT2D eigenvalue weighted by atomic mass is 35.5. The summed E-state index contributed by atoms with van der Waals surface area (Å²) in [5.41, 5.74) is -0.105. The van der Waals surface area contributed by atoms with Gasteiger partial charge in [0.2, 0.25) is 0 Å². The van der Waals surface area contributed by atoms with E-state index < -0.39 is 4.92 Å². The minimum absolute atomic E-state index is 0.0752. The summed E-state index contributed by atoms with van der Waals surface area (Å²) in [6, 6.07) is 4.24. The van der Waals surface area contributed by atoms with E-state index in [4.69, 9.17) is 16.3 Å². The molecule has 7 heteroatoms. The lowest BCUT2D eigenvalue weighted by Crippen LogP contribution is -2.43. The minimum atomic E-state index is -0.525. The van der Waals surface area contributed by atoms with Gasteiger partial charge in [-0.05, 0) is 25.8 Å². The van der Waals surface area contributed by atoms with Gasteiger partial charge in [-0.15, -0.1) is 0 Å². The first-order chi connectivity index (χ1) is 11.0. The number of nitro groups is 1. The molecule has 1 aliphatic carbocycles. The predicted octanol–water partition coefficient (Wildman–Crippen LogP) is 3.81. The Kier molecular flexibility index (Phi) is 6.21. The molecular formula is C16H21ClN2O4. The number of likely N-dealkylation sites (N-methyl/N-ethyl adjacent to an activating group) is 1. The highest BCUT2D eigenvalue weighted by molar-refractivity contribution is 6.32. The third-order valence-electron chi connectivity index (χ3n) is 4.15. The topological polar surface area (TPSA) is 72.7 Å². The molecule has 23 heavy (non-hydrogen) atoms. The molecule has 0 spiro atoms. The van der Waals surface area contributed by atoms with E-state index in [9.17, 15) is 14.9 Å². The van der Waals surface area contributed by atoms with Crippen molar-refractivity contribution in [3.8, 4) is 5.75 Å². The third kappa shape index (κ3) is 4.58. The number of halogens is 1. The lowest BCUT2D eigenvalue weighted by Gasteiger charge is -2.33. The summed E-state index contributed by atoms with van der Waals surface area (Å²) in [5.74, 6) is 0.208. The number of nitro benzene ring substituents is 1. The normalized spacial score (nSPS) is 15.2. The van der Waals surface area contributed by atoms with E-state index in [1.807, 2.05) is 11.8 Å². The van der Waals surface area contributed by atoms with Crippen LogP contribution in [0.4, 0.5) is 5.69 Å². The summed E-state index contributed by atoms with van der Waals surface area (Å²) < 4.78 is 5.46. The third-order valence-corrected chi connectivity index (χ3v) is 4.45. The zero-order chi connectivity index (χ0) is 16.8. The molecule has 0 atom stereocenters. The van der Waals surface area contributed by atoms with Gasteiger partial charge in [-0.1, -0.05) is 30.9 Å². The van der Waals surface area contributed by atoms with Crippen LogP contribution < -0.4 is 4.74 Å². The number of amides is 1. The fourth-order valence-corrected chi connectivity index (χ4v) is 3.20. The van der Waals surface area contributed by atoms with Crippen LogP contribution in [0.3, 0.4) is 0 Å². The van der Waals surface area contributed by atoms with Gasteiger partial charge >= 0.3 is 0 Å². The lowest BCUT2D eigenvalue weighted by molar-refractivity contribution is -0.384. The first-order valence-corrected chi connectivity index (χ1v) is 8.27. The van der Waals surface area contributed by atoms with Gasteiger partial charge in [0, 0.05) is 24.7 Å². The molecule has 0 aromatic heterocycles. The zero-order valence-corrected chi connectivity index (χ0v) is 13.9. The smallest absolute Gasteiger partial charge is 0.271 e. The first-order valence-electron chi connectivity index (χ1n) is 7.89. The van der Waals surface area contributed by atoms with Gasteiger partial charge in [-0.2, -0.15) is 0 Å². The van der Waals surface area contributed by atoms with Crippen LogP contribution in [-0.2, 0) is 4.79 Å². The SMILES string of the molecule is CCN(C(=O)COc1ccc([N+](=O)[O-])cc1Cl)C1CCCCC1. The predicted molar refractivity (Wildman–Crippen MR) is 87.9 cm³/mol. The van der Waals surface area contributed by atoms with Crippen LogP contribution in [0.1, 0.15) is 39.0 Å². The standard InChI is InChI=1S/C16H21ClN2O4/c1-2-18(12-6-4-3-5-7-12)16(20)11-23-15-9-8-13(19(21)22)10-14(15)17/h8-10,12H,2-7,11H2,1H3. The number of benzene rings is 1. The van der Waals surface area contributed by atoms with Crippen LogP contribution in [0.15, 0.2) is 18.2 Å². The van der Waals surface area contributed by atoms with Crippen molar-refractivity contribution in [1.29, 1.82) is 0 Å². The van der Waals surface area contributed by atoms with Gasteiger partial charge in [-0.3, -0.25) is 14.9 Å². The van der Waals surface area contributed by atoms with Crippen LogP contribution in [0.2, 0.25) is 5.02 Å². The number of hydrogen-bond acceptors (Lipinski definition) is 4. The summed E-state index contributed by atoms with van der Waals surface area (Å²) >= 11 is 5.96. The molecule has 1 amide bonds. The highest BCUT2D eigenvalue weighted by Crippen LogP contribution is 2.29. The first kappa shape index (κ1) is 17.5. The van der Waals surface area contributed by atoms with Gasteiger partial charge < -0.3 is 9.64 Å². The van der Waals surface area contributed by atoms with Gasteiger partial charge in [0.05, 0.1) is 9.95 Å². The fourth-order valence-electron chi connectivity index (χ4n) is 2.97. The van der Waals surface area contributed by atoms with E-state index in [0.717, 1.165) is 25.7 Å². The summed E-state index contributed by atoms with van der Waals surface area (Å²) in [7, 11) is 0. The number of carbonyl (C=O) groups excluding carboxylic acids is 1. The molecule has 0 saturated heterocycles. The number of nitrogens with zero attached hydrogens (tertiary/aromatic N) is 2. The van der Waals surface area contributed by atoms with Crippen LogP contribution >= 0.6 is 11.6 Å². The molecule has 6 nitrogen and oxygen atoms in total. The molecule has 1 fully saturated rings. The Morgan fingerprint density at radius 3 is 2.65 bits per heavy atom. The molecule has 1 aromatic carbocycles. The Morgan fingerprint density at radius 1 is 1.39 bits per heavy atom. The molecule has 2 rings (SSSR count). The Morgan fingerprint density at radius 2 is 2.09 bits per heavy atom. The Labute approximate surface area is 140 Å². The summed E-state index contributed by atoms with van der Waals surface area (Å²) in [5, 5.41) is 10.8.